The van der Waals surface area contributed by atoms with Gasteiger partial charge in [0.1, 0.15) is 12.4 Å². The molecule has 0 unspecified atom stereocenters. The van der Waals surface area contributed by atoms with Crippen LogP contribution in [0.3, 0.4) is 0 Å². The molecule has 1 saturated heterocycles. The summed E-state index contributed by atoms with van der Waals surface area (Å²) >= 11 is 0. The SMILES string of the molecule is C#CCNC(=NCc1cccc(OCCN(C)C2CCOCC2)c1)NCC.I. The highest BCUT2D eigenvalue weighted by Gasteiger charge is 2.17. The van der Waals surface area contributed by atoms with E-state index in [4.69, 9.17) is 15.9 Å². The number of benzene rings is 1. The monoisotopic (exact) mass is 500 g/mol. The Hall–Kier alpha value is -1.50. The van der Waals surface area contributed by atoms with E-state index < -0.39 is 0 Å². The van der Waals surface area contributed by atoms with Crippen molar-refractivity contribution < 1.29 is 9.47 Å². The van der Waals surface area contributed by atoms with Gasteiger partial charge < -0.3 is 20.1 Å². The summed E-state index contributed by atoms with van der Waals surface area (Å²) < 4.78 is 11.4. The summed E-state index contributed by atoms with van der Waals surface area (Å²) in [7, 11) is 2.16. The highest BCUT2D eigenvalue weighted by atomic mass is 127. The largest absolute Gasteiger partial charge is 0.492 e. The molecule has 0 aromatic heterocycles. The smallest absolute Gasteiger partial charge is 0.192 e. The number of guanidine groups is 1. The lowest BCUT2D eigenvalue weighted by molar-refractivity contribution is 0.0392. The lowest BCUT2D eigenvalue weighted by Crippen LogP contribution is -2.38. The van der Waals surface area contributed by atoms with Crippen LogP contribution in [0.2, 0.25) is 0 Å². The van der Waals surface area contributed by atoms with Crippen molar-refractivity contribution in [1.82, 2.24) is 15.5 Å². The maximum Gasteiger partial charge on any atom is 0.192 e. The number of nitrogens with one attached hydrogen (secondary N) is 2. The fourth-order valence-corrected chi connectivity index (χ4v) is 3.00. The fraction of sp³-hybridized carbons (Fsp3) is 0.571. The molecule has 0 spiro atoms. The Kier molecular flexibility index (Phi) is 12.7. The first-order valence-electron chi connectivity index (χ1n) is 9.68. The van der Waals surface area contributed by atoms with Gasteiger partial charge in [0.2, 0.25) is 0 Å². The summed E-state index contributed by atoms with van der Waals surface area (Å²) in [5.74, 6) is 4.16. The Labute approximate surface area is 186 Å². The Morgan fingerprint density at radius 3 is 2.86 bits per heavy atom. The first-order valence-corrected chi connectivity index (χ1v) is 9.68. The lowest BCUT2D eigenvalue weighted by Gasteiger charge is -2.31. The molecular formula is C21H33IN4O2. The third-order valence-electron chi connectivity index (χ3n) is 4.55. The lowest BCUT2D eigenvalue weighted by atomic mass is 10.1. The fourth-order valence-electron chi connectivity index (χ4n) is 3.00. The molecule has 156 valence electrons. The van der Waals surface area contributed by atoms with E-state index in [1.54, 1.807) is 0 Å². The summed E-state index contributed by atoms with van der Waals surface area (Å²) in [6.07, 6.45) is 7.50. The number of rotatable bonds is 9. The van der Waals surface area contributed by atoms with Gasteiger partial charge in [0.05, 0.1) is 13.1 Å². The third kappa shape index (κ3) is 9.13. The van der Waals surface area contributed by atoms with E-state index >= 15 is 0 Å². The van der Waals surface area contributed by atoms with Crippen LogP contribution >= 0.6 is 24.0 Å². The van der Waals surface area contributed by atoms with Crippen LogP contribution in [0.25, 0.3) is 0 Å². The van der Waals surface area contributed by atoms with Crippen molar-refractivity contribution in [3.05, 3.63) is 29.8 Å². The van der Waals surface area contributed by atoms with Crippen LogP contribution in [0.4, 0.5) is 0 Å². The first-order chi connectivity index (χ1) is 13.2. The second kappa shape index (κ2) is 14.5. The quantitative estimate of drug-likeness (QED) is 0.236. The van der Waals surface area contributed by atoms with Gasteiger partial charge in [-0.1, -0.05) is 18.1 Å². The standard InChI is InChI=1S/C21H32N4O2.HI/c1-4-11-23-21(22-5-2)24-17-18-7-6-8-20(16-18)27-15-12-25(3)19-9-13-26-14-10-19;/h1,6-8,16,19H,5,9-15,17H2,2-3H3,(H2,22,23,24);1H. The normalized spacial score (nSPS) is 14.9. The van der Waals surface area contributed by atoms with Crippen molar-refractivity contribution in [2.75, 3.05) is 46.5 Å². The minimum Gasteiger partial charge on any atom is -0.492 e. The van der Waals surface area contributed by atoms with Gasteiger partial charge in [0.25, 0.3) is 0 Å². The summed E-state index contributed by atoms with van der Waals surface area (Å²) in [6.45, 7) is 7.15. The van der Waals surface area contributed by atoms with Crippen LogP contribution < -0.4 is 15.4 Å². The Bertz CT molecular complexity index is 627. The zero-order valence-corrected chi connectivity index (χ0v) is 19.3. The summed E-state index contributed by atoms with van der Waals surface area (Å²) in [4.78, 5) is 6.93. The summed E-state index contributed by atoms with van der Waals surface area (Å²) in [6, 6.07) is 8.69. The molecule has 0 aliphatic carbocycles. The second-order valence-electron chi connectivity index (χ2n) is 6.57. The number of likely N-dealkylation sites (N-methyl/N-ethyl adjacent to an activating group) is 1. The molecule has 7 heteroatoms. The summed E-state index contributed by atoms with van der Waals surface area (Å²) in [5, 5.41) is 6.27. The van der Waals surface area contributed by atoms with E-state index in [2.05, 4.69) is 39.6 Å². The topological polar surface area (TPSA) is 58.1 Å². The van der Waals surface area contributed by atoms with E-state index in [-0.39, 0.29) is 24.0 Å². The Morgan fingerprint density at radius 1 is 1.36 bits per heavy atom. The molecule has 6 nitrogen and oxygen atoms in total. The average molecular weight is 500 g/mol. The molecule has 1 fully saturated rings. The van der Waals surface area contributed by atoms with Crippen LogP contribution in [-0.2, 0) is 11.3 Å². The molecule has 0 amide bonds. The Morgan fingerprint density at radius 2 is 2.14 bits per heavy atom. The van der Waals surface area contributed by atoms with Crippen molar-refractivity contribution in [3.63, 3.8) is 0 Å². The van der Waals surface area contributed by atoms with Gasteiger partial charge in [0.15, 0.2) is 5.96 Å². The van der Waals surface area contributed by atoms with Gasteiger partial charge in [0, 0.05) is 32.3 Å². The molecule has 28 heavy (non-hydrogen) atoms. The van der Waals surface area contributed by atoms with Crippen LogP contribution in [0.5, 0.6) is 5.75 Å². The number of terminal acetylenes is 1. The molecule has 0 radical (unpaired) electrons. The first kappa shape index (κ1) is 24.5. The van der Waals surface area contributed by atoms with E-state index in [1.807, 2.05) is 25.1 Å². The molecule has 1 aromatic carbocycles. The van der Waals surface area contributed by atoms with E-state index in [9.17, 15) is 0 Å². The van der Waals surface area contributed by atoms with Crippen molar-refractivity contribution >= 4 is 29.9 Å². The molecule has 1 aliphatic rings. The second-order valence-corrected chi connectivity index (χ2v) is 6.57. The number of halogens is 1. The minimum absolute atomic E-state index is 0. The number of nitrogens with zero attached hydrogens (tertiary/aromatic N) is 2. The van der Waals surface area contributed by atoms with Gasteiger partial charge in [-0.15, -0.1) is 30.4 Å². The van der Waals surface area contributed by atoms with Gasteiger partial charge in [-0.3, -0.25) is 4.90 Å². The molecule has 0 bridgehead atoms. The van der Waals surface area contributed by atoms with E-state index in [0.717, 1.165) is 56.4 Å². The summed E-state index contributed by atoms with van der Waals surface area (Å²) in [5.41, 5.74) is 1.10. The number of hydrogen-bond acceptors (Lipinski definition) is 4. The zero-order valence-electron chi connectivity index (χ0n) is 16.9. The number of ether oxygens (including phenoxy) is 2. The predicted octanol–water partition coefficient (Wildman–Crippen LogP) is 2.48. The van der Waals surface area contributed by atoms with E-state index in [0.29, 0.717) is 25.7 Å². The van der Waals surface area contributed by atoms with Crippen LogP contribution in [0.15, 0.2) is 29.3 Å². The van der Waals surface area contributed by atoms with Crippen molar-refractivity contribution in [3.8, 4) is 18.1 Å². The Balaban J connectivity index is 0.00000392. The van der Waals surface area contributed by atoms with Crippen LogP contribution in [0, 0.1) is 12.3 Å². The zero-order chi connectivity index (χ0) is 19.3. The van der Waals surface area contributed by atoms with Gasteiger partial charge in [-0.2, -0.15) is 0 Å². The maximum absolute atomic E-state index is 5.95. The van der Waals surface area contributed by atoms with Crippen LogP contribution in [0.1, 0.15) is 25.3 Å². The maximum atomic E-state index is 5.95. The molecule has 1 aromatic rings. The molecule has 1 heterocycles. The van der Waals surface area contributed by atoms with E-state index in [1.165, 1.54) is 0 Å². The highest BCUT2D eigenvalue weighted by molar-refractivity contribution is 14.0. The number of aliphatic imine (C=N–C) groups is 1. The molecular weight excluding hydrogens is 467 g/mol. The van der Waals surface area contributed by atoms with Crippen LogP contribution in [-0.4, -0.2) is 63.4 Å². The molecule has 2 N–H and O–H groups in total. The highest BCUT2D eigenvalue weighted by Crippen LogP contribution is 2.15. The molecule has 1 aliphatic heterocycles. The molecule has 0 atom stereocenters. The van der Waals surface area contributed by atoms with Crippen molar-refractivity contribution in [2.24, 2.45) is 4.99 Å². The molecule has 2 rings (SSSR count). The van der Waals surface area contributed by atoms with Gasteiger partial charge in [-0.05, 0) is 44.5 Å². The molecule has 0 saturated carbocycles. The van der Waals surface area contributed by atoms with Gasteiger partial charge >= 0.3 is 0 Å². The van der Waals surface area contributed by atoms with Crippen molar-refractivity contribution in [2.45, 2.75) is 32.4 Å². The third-order valence-corrected chi connectivity index (χ3v) is 4.55. The average Bonchev–Trinajstić information content (AvgIpc) is 2.71. The number of hydrogen-bond donors (Lipinski definition) is 2. The van der Waals surface area contributed by atoms with Crippen molar-refractivity contribution in [1.29, 1.82) is 0 Å². The van der Waals surface area contributed by atoms with Gasteiger partial charge in [-0.25, -0.2) is 4.99 Å². The predicted molar refractivity (Wildman–Crippen MR) is 125 cm³/mol. The minimum atomic E-state index is 0.